The number of rotatable bonds is 4. The molecule has 0 unspecified atom stereocenters. The molecule has 1 aliphatic carbocycles. The Hall–Kier alpha value is -4.16. The highest BCUT2D eigenvalue weighted by atomic mass is 16.5. The monoisotopic (exact) mass is 495 g/mol. The Labute approximate surface area is 215 Å². The molecule has 1 fully saturated rings. The van der Waals surface area contributed by atoms with Gasteiger partial charge in [-0.1, -0.05) is 30.2 Å². The van der Waals surface area contributed by atoms with Gasteiger partial charge < -0.3 is 15.4 Å². The van der Waals surface area contributed by atoms with Crippen LogP contribution in [-0.2, 0) is 13.1 Å². The number of piperidine rings is 1. The number of fused-ring (bicyclic) bond motifs is 2. The van der Waals surface area contributed by atoms with E-state index in [9.17, 15) is 4.79 Å². The SMILES string of the molecule is CC#CCn1c(N2CCC[C@H](N)C2)nc2cnn(CC3=Nc4ccccc4OC4=C3C=CCC4)c(=O)c21. The maximum atomic E-state index is 13.9. The number of ether oxygens (including phenoxy) is 1. The molecule has 0 amide bonds. The van der Waals surface area contributed by atoms with Crippen molar-refractivity contribution in [2.24, 2.45) is 10.7 Å². The second kappa shape index (κ2) is 9.71. The number of hydrogen-bond donors (Lipinski definition) is 1. The Morgan fingerprint density at radius 1 is 1.27 bits per heavy atom. The van der Waals surface area contributed by atoms with Gasteiger partial charge in [-0.25, -0.2) is 14.7 Å². The number of para-hydroxylation sites is 2. The minimum absolute atomic E-state index is 0.0819. The molecule has 2 N–H and O–H groups in total. The van der Waals surface area contributed by atoms with Gasteiger partial charge in [0.1, 0.15) is 22.5 Å². The minimum Gasteiger partial charge on any atom is -0.459 e. The zero-order chi connectivity index (χ0) is 25.4. The molecule has 1 aromatic carbocycles. The molecule has 37 heavy (non-hydrogen) atoms. The average molecular weight is 496 g/mol. The standard InChI is InChI=1S/C28H29N7O2/c1-2-3-15-34-26-22(32-28(34)33-14-8-9-19(29)17-33)16-30-35(27(26)36)18-23-20-10-4-6-12-24(20)37-25-13-7-5-11-21(25)31-23/h4-5,7,10-11,13,16,19H,6,8-9,12,14-15,17-18,29H2,1H3/t19-/m0/s1. The Morgan fingerprint density at radius 2 is 2.16 bits per heavy atom. The molecular weight excluding hydrogens is 466 g/mol. The van der Waals surface area contributed by atoms with Crippen LogP contribution in [0.1, 0.15) is 32.6 Å². The predicted octanol–water partition coefficient (Wildman–Crippen LogP) is 3.31. The zero-order valence-corrected chi connectivity index (χ0v) is 20.9. The number of hydrogen-bond acceptors (Lipinski definition) is 7. The summed E-state index contributed by atoms with van der Waals surface area (Å²) in [6.07, 6.45) is 9.46. The van der Waals surface area contributed by atoms with E-state index in [1.54, 1.807) is 13.1 Å². The fourth-order valence-electron chi connectivity index (χ4n) is 5.17. The summed E-state index contributed by atoms with van der Waals surface area (Å²) >= 11 is 0. The number of anilines is 1. The summed E-state index contributed by atoms with van der Waals surface area (Å²) in [4.78, 5) is 25.7. The molecule has 0 radical (unpaired) electrons. The summed E-state index contributed by atoms with van der Waals surface area (Å²) in [5.41, 5.74) is 9.46. The van der Waals surface area contributed by atoms with Crippen LogP contribution >= 0.6 is 0 Å². The Morgan fingerprint density at radius 3 is 3.03 bits per heavy atom. The molecule has 6 rings (SSSR count). The molecule has 0 saturated carbocycles. The van der Waals surface area contributed by atoms with Gasteiger partial charge in [-0.3, -0.25) is 9.36 Å². The van der Waals surface area contributed by atoms with E-state index in [1.165, 1.54) is 4.68 Å². The first kappa shape index (κ1) is 23.3. The van der Waals surface area contributed by atoms with Crippen LogP contribution in [0.15, 0.2) is 63.7 Å². The molecule has 9 nitrogen and oxygen atoms in total. The number of nitrogens with two attached hydrogens (primary N) is 1. The minimum atomic E-state index is -0.224. The van der Waals surface area contributed by atoms with E-state index >= 15 is 0 Å². The Kier molecular flexibility index (Phi) is 6.10. The van der Waals surface area contributed by atoms with Crippen molar-refractivity contribution in [3.8, 4) is 17.6 Å². The molecule has 188 valence electrons. The van der Waals surface area contributed by atoms with Crippen molar-refractivity contribution in [1.29, 1.82) is 0 Å². The van der Waals surface area contributed by atoms with E-state index in [2.05, 4.69) is 27.9 Å². The summed E-state index contributed by atoms with van der Waals surface area (Å²) < 4.78 is 9.60. The summed E-state index contributed by atoms with van der Waals surface area (Å²) in [7, 11) is 0. The van der Waals surface area contributed by atoms with Crippen LogP contribution in [0.25, 0.3) is 11.0 Å². The average Bonchev–Trinajstić information content (AvgIpc) is 3.21. The number of aromatic nitrogens is 4. The van der Waals surface area contributed by atoms with Gasteiger partial charge in [0.25, 0.3) is 5.56 Å². The normalized spacial score (nSPS) is 18.9. The number of aliphatic imine (C=N–C) groups is 1. The third kappa shape index (κ3) is 4.34. The molecule has 1 atom stereocenters. The van der Waals surface area contributed by atoms with E-state index in [1.807, 2.05) is 34.9 Å². The van der Waals surface area contributed by atoms with Gasteiger partial charge in [0.2, 0.25) is 5.95 Å². The molecular formula is C28H29N7O2. The summed E-state index contributed by atoms with van der Waals surface area (Å²) in [5.74, 6) is 8.36. The highest BCUT2D eigenvalue weighted by molar-refractivity contribution is 6.05. The zero-order valence-electron chi connectivity index (χ0n) is 20.9. The third-order valence-corrected chi connectivity index (χ3v) is 6.97. The predicted molar refractivity (Wildman–Crippen MR) is 144 cm³/mol. The number of allylic oxidation sites excluding steroid dienone is 4. The van der Waals surface area contributed by atoms with E-state index < -0.39 is 0 Å². The second-order valence-electron chi connectivity index (χ2n) is 9.52. The van der Waals surface area contributed by atoms with Crippen LogP contribution in [0.2, 0.25) is 0 Å². The summed E-state index contributed by atoms with van der Waals surface area (Å²) in [6.45, 7) is 3.92. The van der Waals surface area contributed by atoms with E-state index in [4.69, 9.17) is 20.4 Å². The third-order valence-electron chi connectivity index (χ3n) is 6.97. The largest absolute Gasteiger partial charge is 0.459 e. The van der Waals surface area contributed by atoms with E-state index in [0.717, 1.165) is 66.7 Å². The molecule has 0 spiro atoms. The van der Waals surface area contributed by atoms with Gasteiger partial charge in [0.15, 0.2) is 5.75 Å². The lowest BCUT2D eigenvalue weighted by atomic mass is 10.0. The maximum Gasteiger partial charge on any atom is 0.293 e. The molecule has 2 aromatic heterocycles. The topological polar surface area (TPSA) is 104 Å². The van der Waals surface area contributed by atoms with Crippen molar-refractivity contribution in [2.75, 3.05) is 18.0 Å². The van der Waals surface area contributed by atoms with E-state index in [-0.39, 0.29) is 18.1 Å². The quantitative estimate of drug-likeness (QED) is 0.557. The van der Waals surface area contributed by atoms with Crippen LogP contribution in [0, 0.1) is 11.8 Å². The van der Waals surface area contributed by atoms with Crippen molar-refractivity contribution < 1.29 is 4.74 Å². The first-order valence-corrected chi connectivity index (χ1v) is 12.7. The highest BCUT2D eigenvalue weighted by Gasteiger charge is 2.26. The van der Waals surface area contributed by atoms with Gasteiger partial charge in [0, 0.05) is 31.1 Å². The Bertz CT molecular complexity index is 1580. The van der Waals surface area contributed by atoms with Crippen molar-refractivity contribution >= 4 is 28.4 Å². The smallest absolute Gasteiger partial charge is 0.293 e. The molecule has 4 heterocycles. The summed E-state index contributed by atoms with van der Waals surface area (Å²) in [5, 5.41) is 4.50. The molecule has 9 heteroatoms. The van der Waals surface area contributed by atoms with E-state index in [0.29, 0.717) is 24.1 Å². The van der Waals surface area contributed by atoms with Crippen molar-refractivity contribution in [1.82, 2.24) is 19.3 Å². The molecule has 2 aliphatic heterocycles. The lowest BCUT2D eigenvalue weighted by Gasteiger charge is -2.31. The highest BCUT2D eigenvalue weighted by Crippen LogP contribution is 2.36. The first-order chi connectivity index (χ1) is 18.1. The van der Waals surface area contributed by atoms with Crippen LogP contribution in [0.4, 0.5) is 11.6 Å². The number of nitrogens with zero attached hydrogens (tertiary/aromatic N) is 6. The van der Waals surface area contributed by atoms with Gasteiger partial charge in [0.05, 0.1) is 25.0 Å². The van der Waals surface area contributed by atoms with Gasteiger partial charge >= 0.3 is 0 Å². The number of benzene rings is 1. The molecule has 0 bridgehead atoms. The molecule has 3 aliphatic rings. The second-order valence-corrected chi connectivity index (χ2v) is 9.52. The number of imidazole rings is 1. The lowest BCUT2D eigenvalue weighted by Crippen LogP contribution is -2.44. The van der Waals surface area contributed by atoms with Gasteiger partial charge in [-0.05, 0) is 38.3 Å². The lowest BCUT2D eigenvalue weighted by molar-refractivity contribution is 0.402. The first-order valence-electron chi connectivity index (χ1n) is 12.7. The fraction of sp³-hybridized carbons (Fsp3) is 0.357. The fourth-order valence-corrected chi connectivity index (χ4v) is 5.17. The Balaban J connectivity index is 1.45. The molecule has 3 aromatic rings. The summed E-state index contributed by atoms with van der Waals surface area (Å²) in [6, 6.07) is 7.79. The van der Waals surface area contributed by atoms with Gasteiger partial charge in [-0.15, -0.1) is 5.92 Å². The molecule has 1 saturated heterocycles. The van der Waals surface area contributed by atoms with Gasteiger partial charge in [-0.2, -0.15) is 5.10 Å². The van der Waals surface area contributed by atoms with Crippen molar-refractivity contribution in [2.45, 2.75) is 51.7 Å². The maximum absolute atomic E-state index is 13.9. The van der Waals surface area contributed by atoms with Crippen LogP contribution in [-0.4, -0.2) is 44.2 Å². The van der Waals surface area contributed by atoms with Crippen molar-refractivity contribution in [3.05, 3.63) is 64.3 Å². The van der Waals surface area contributed by atoms with Crippen LogP contribution < -0.4 is 20.9 Å². The van der Waals surface area contributed by atoms with Crippen molar-refractivity contribution in [3.63, 3.8) is 0 Å². The van der Waals surface area contributed by atoms with Crippen LogP contribution in [0.5, 0.6) is 5.75 Å². The van der Waals surface area contributed by atoms with Crippen LogP contribution in [0.3, 0.4) is 0 Å².